The number of thiol groups is 1. The van der Waals surface area contributed by atoms with Gasteiger partial charge in [-0.2, -0.15) is 0 Å². The highest BCUT2D eigenvalue weighted by Gasteiger charge is 2.12. The highest BCUT2D eigenvalue weighted by Crippen LogP contribution is 2.09. The number of hydrogen-bond donors (Lipinski definition) is 2. The van der Waals surface area contributed by atoms with Crippen molar-refractivity contribution in [1.29, 1.82) is 0 Å². The Morgan fingerprint density at radius 2 is 1.94 bits per heavy atom. The summed E-state index contributed by atoms with van der Waals surface area (Å²) >= 11 is 4.20. The number of carbonyl (C=O) groups is 1. The molecule has 1 N–H and O–H groups in total. The first-order valence-electron chi connectivity index (χ1n) is 5.84. The number of hydrogen-bond acceptors (Lipinski definition) is 3. The van der Waals surface area contributed by atoms with E-state index in [4.69, 9.17) is 5.11 Å². The van der Waals surface area contributed by atoms with Gasteiger partial charge >= 0.3 is 0 Å². The zero-order chi connectivity index (χ0) is 12.7. The maximum absolute atomic E-state index is 12.0. The summed E-state index contributed by atoms with van der Waals surface area (Å²) in [7, 11) is 0. The summed E-state index contributed by atoms with van der Waals surface area (Å²) in [5, 5.41) is 8.91. The van der Waals surface area contributed by atoms with E-state index in [1.165, 1.54) is 0 Å². The van der Waals surface area contributed by atoms with E-state index in [2.05, 4.69) is 12.6 Å². The predicted molar refractivity (Wildman–Crippen MR) is 71.4 cm³/mol. The second kappa shape index (κ2) is 7.35. The largest absolute Gasteiger partial charge is 0.395 e. The van der Waals surface area contributed by atoms with Gasteiger partial charge in [-0.3, -0.25) is 4.79 Å². The van der Waals surface area contributed by atoms with Crippen LogP contribution in [0.3, 0.4) is 0 Å². The van der Waals surface area contributed by atoms with E-state index in [1.807, 2.05) is 31.2 Å². The molecular weight excluding hydrogens is 234 g/mol. The molecule has 1 aromatic carbocycles. The maximum Gasteiger partial charge on any atom is 0.227 e. The van der Waals surface area contributed by atoms with Crippen molar-refractivity contribution < 1.29 is 9.90 Å². The molecule has 0 bridgehead atoms. The van der Waals surface area contributed by atoms with Crippen LogP contribution in [0.5, 0.6) is 0 Å². The van der Waals surface area contributed by atoms with Crippen LogP contribution in [0.1, 0.15) is 18.9 Å². The molecular formula is C13H19NO2S. The van der Waals surface area contributed by atoms with Crippen LogP contribution in [0.25, 0.3) is 0 Å². The van der Waals surface area contributed by atoms with E-state index >= 15 is 0 Å². The van der Waals surface area contributed by atoms with Crippen molar-refractivity contribution in [3.05, 3.63) is 29.8 Å². The fourth-order valence-electron chi connectivity index (χ4n) is 1.65. The monoisotopic (exact) mass is 253 g/mol. The highest BCUT2D eigenvalue weighted by molar-refractivity contribution is 7.80. The fourth-order valence-corrected chi connectivity index (χ4v) is 1.80. The van der Waals surface area contributed by atoms with Crippen LogP contribution in [-0.4, -0.2) is 35.6 Å². The van der Waals surface area contributed by atoms with Crippen LogP contribution < -0.4 is 0 Å². The van der Waals surface area contributed by atoms with Crippen molar-refractivity contribution in [3.8, 4) is 0 Å². The molecule has 0 atom stereocenters. The Labute approximate surface area is 108 Å². The number of amides is 1. The number of aliphatic hydroxyl groups is 1. The molecule has 1 amide bonds. The van der Waals surface area contributed by atoms with Gasteiger partial charge in [-0.15, -0.1) is 12.6 Å². The number of rotatable bonds is 6. The molecule has 1 aromatic rings. The molecule has 0 radical (unpaired) electrons. The molecule has 17 heavy (non-hydrogen) atoms. The SMILES string of the molecule is CCCN(CCO)C(=O)Cc1ccc(S)cc1. The lowest BCUT2D eigenvalue weighted by Crippen LogP contribution is -2.35. The summed E-state index contributed by atoms with van der Waals surface area (Å²) in [6.45, 7) is 3.15. The summed E-state index contributed by atoms with van der Waals surface area (Å²) in [5.74, 6) is 0.0628. The van der Waals surface area contributed by atoms with Crippen molar-refractivity contribution in [2.75, 3.05) is 19.7 Å². The second-order valence-electron chi connectivity index (χ2n) is 3.95. The molecule has 94 valence electrons. The van der Waals surface area contributed by atoms with Gasteiger partial charge in [0.25, 0.3) is 0 Å². The molecule has 0 unspecified atom stereocenters. The van der Waals surface area contributed by atoms with E-state index in [0.29, 0.717) is 19.5 Å². The van der Waals surface area contributed by atoms with E-state index in [0.717, 1.165) is 16.9 Å². The molecule has 3 nitrogen and oxygen atoms in total. The summed E-state index contributed by atoms with van der Waals surface area (Å²) in [5.41, 5.74) is 0.979. The van der Waals surface area contributed by atoms with E-state index in [-0.39, 0.29) is 12.5 Å². The van der Waals surface area contributed by atoms with Gasteiger partial charge in [0.15, 0.2) is 0 Å². The lowest BCUT2D eigenvalue weighted by atomic mass is 10.1. The normalized spacial score (nSPS) is 10.3. The minimum atomic E-state index is 0.0152. The highest BCUT2D eigenvalue weighted by atomic mass is 32.1. The molecule has 0 aliphatic heterocycles. The van der Waals surface area contributed by atoms with Crippen LogP contribution in [-0.2, 0) is 11.2 Å². The predicted octanol–water partition coefficient (Wildman–Crippen LogP) is 1.75. The van der Waals surface area contributed by atoms with Crippen LogP contribution in [0.4, 0.5) is 0 Å². The zero-order valence-electron chi connectivity index (χ0n) is 10.1. The van der Waals surface area contributed by atoms with E-state index in [1.54, 1.807) is 4.90 Å². The molecule has 0 aliphatic carbocycles. The van der Waals surface area contributed by atoms with Gasteiger partial charge in [0.2, 0.25) is 5.91 Å². The van der Waals surface area contributed by atoms with Crippen molar-refractivity contribution in [2.45, 2.75) is 24.7 Å². The molecule has 0 saturated carbocycles. The minimum Gasteiger partial charge on any atom is -0.395 e. The Morgan fingerprint density at radius 3 is 2.47 bits per heavy atom. The van der Waals surface area contributed by atoms with E-state index < -0.39 is 0 Å². The van der Waals surface area contributed by atoms with Gasteiger partial charge in [-0.25, -0.2) is 0 Å². The van der Waals surface area contributed by atoms with Crippen molar-refractivity contribution in [2.24, 2.45) is 0 Å². The average molecular weight is 253 g/mol. The minimum absolute atomic E-state index is 0.0152. The third kappa shape index (κ3) is 4.79. The number of nitrogens with zero attached hydrogens (tertiary/aromatic N) is 1. The first kappa shape index (κ1) is 14.1. The molecule has 0 heterocycles. The van der Waals surface area contributed by atoms with Crippen LogP contribution >= 0.6 is 12.6 Å². The Balaban J connectivity index is 2.59. The number of aliphatic hydroxyl groups excluding tert-OH is 1. The van der Waals surface area contributed by atoms with Crippen molar-refractivity contribution >= 4 is 18.5 Å². The smallest absolute Gasteiger partial charge is 0.227 e. The molecule has 0 saturated heterocycles. The lowest BCUT2D eigenvalue weighted by molar-refractivity contribution is -0.131. The van der Waals surface area contributed by atoms with Crippen LogP contribution in [0.2, 0.25) is 0 Å². The topological polar surface area (TPSA) is 40.5 Å². The lowest BCUT2D eigenvalue weighted by Gasteiger charge is -2.21. The Kier molecular flexibility index (Phi) is 6.08. The standard InChI is InChI=1S/C13H19NO2S/c1-2-7-14(8-9-15)13(16)10-11-3-5-12(17)6-4-11/h3-6,15,17H,2,7-10H2,1H3. The van der Waals surface area contributed by atoms with Crippen LogP contribution in [0, 0.1) is 0 Å². The number of benzene rings is 1. The fraction of sp³-hybridized carbons (Fsp3) is 0.462. The third-order valence-electron chi connectivity index (χ3n) is 2.51. The van der Waals surface area contributed by atoms with Crippen molar-refractivity contribution in [1.82, 2.24) is 4.90 Å². The summed E-state index contributed by atoms with van der Waals surface area (Å²) in [6, 6.07) is 7.57. The average Bonchev–Trinajstić information content (AvgIpc) is 2.32. The Bertz CT molecular complexity index is 345. The first-order valence-corrected chi connectivity index (χ1v) is 6.28. The van der Waals surface area contributed by atoms with Gasteiger partial charge in [0, 0.05) is 18.0 Å². The zero-order valence-corrected chi connectivity index (χ0v) is 11.0. The van der Waals surface area contributed by atoms with Gasteiger partial charge < -0.3 is 10.0 Å². The Hall–Kier alpha value is -1.00. The molecule has 0 aliphatic rings. The summed E-state index contributed by atoms with van der Waals surface area (Å²) < 4.78 is 0. The van der Waals surface area contributed by atoms with Gasteiger partial charge in [-0.1, -0.05) is 19.1 Å². The van der Waals surface area contributed by atoms with Gasteiger partial charge in [0.05, 0.1) is 13.0 Å². The van der Waals surface area contributed by atoms with Crippen molar-refractivity contribution in [3.63, 3.8) is 0 Å². The molecule has 0 spiro atoms. The van der Waals surface area contributed by atoms with Crippen LogP contribution in [0.15, 0.2) is 29.2 Å². The quantitative estimate of drug-likeness (QED) is 0.758. The Morgan fingerprint density at radius 1 is 1.29 bits per heavy atom. The molecule has 0 fully saturated rings. The van der Waals surface area contributed by atoms with E-state index in [9.17, 15) is 4.79 Å². The maximum atomic E-state index is 12.0. The van der Waals surface area contributed by atoms with Gasteiger partial charge in [-0.05, 0) is 24.1 Å². The number of carbonyl (C=O) groups excluding carboxylic acids is 1. The molecule has 4 heteroatoms. The third-order valence-corrected chi connectivity index (χ3v) is 2.81. The summed E-state index contributed by atoms with van der Waals surface area (Å²) in [6.07, 6.45) is 1.29. The molecule has 0 aromatic heterocycles. The van der Waals surface area contributed by atoms with Gasteiger partial charge in [0.1, 0.15) is 0 Å². The second-order valence-corrected chi connectivity index (χ2v) is 4.46. The summed E-state index contributed by atoms with van der Waals surface area (Å²) in [4.78, 5) is 14.6. The molecule has 1 rings (SSSR count). The first-order chi connectivity index (χ1) is 8.17.